The summed E-state index contributed by atoms with van der Waals surface area (Å²) in [6, 6.07) is 1.72. The molecule has 2 heterocycles. The van der Waals surface area contributed by atoms with Gasteiger partial charge in [-0.25, -0.2) is 0 Å². The van der Waals surface area contributed by atoms with Crippen LogP contribution in [-0.2, 0) is 4.79 Å². The molecule has 20 heavy (non-hydrogen) atoms. The Balaban J connectivity index is 2.02. The van der Waals surface area contributed by atoms with Gasteiger partial charge < -0.3 is 10.6 Å². The molecule has 1 unspecified atom stereocenters. The van der Waals surface area contributed by atoms with E-state index in [9.17, 15) is 9.59 Å². The predicted octanol–water partition coefficient (Wildman–Crippen LogP) is 1.96. The zero-order valence-corrected chi connectivity index (χ0v) is 12.8. The van der Waals surface area contributed by atoms with Crippen molar-refractivity contribution < 1.29 is 9.59 Å². The Kier molecular flexibility index (Phi) is 5.11. The molecule has 1 saturated heterocycles. The van der Waals surface area contributed by atoms with E-state index in [2.05, 4.69) is 20.9 Å². The summed E-state index contributed by atoms with van der Waals surface area (Å²) in [6.45, 7) is 1.40. The van der Waals surface area contributed by atoms with Gasteiger partial charge in [-0.3, -0.25) is 14.6 Å². The maximum Gasteiger partial charge on any atom is 0.255 e. The fraction of sp³-hybridized carbons (Fsp3) is 0.500. The van der Waals surface area contributed by atoms with Crippen molar-refractivity contribution in [1.82, 2.24) is 9.88 Å². The van der Waals surface area contributed by atoms with Crippen molar-refractivity contribution in [1.29, 1.82) is 0 Å². The zero-order valence-electron chi connectivity index (χ0n) is 11.2. The minimum absolute atomic E-state index is 0.0130. The number of nitrogens with two attached hydrogens (primary N) is 1. The summed E-state index contributed by atoms with van der Waals surface area (Å²) < 4.78 is 0.711. The van der Waals surface area contributed by atoms with E-state index in [0.29, 0.717) is 28.9 Å². The minimum Gasteiger partial charge on any atom is -0.370 e. The molecule has 1 aromatic rings. The minimum atomic E-state index is -0.258. The number of pyridine rings is 1. The van der Waals surface area contributed by atoms with Crippen LogP contribution >= 0.6 is 15.9 Å². The maximum absolute atomic E-state index is 12.5. The van der Waals surface area contributed by atoms with Crippen molar-refractivity contribution in [3.8, 4) is 0 Å². The van der Waals surface area contributed by atoms with Crippen molar-refractivity contribution >= 4 is 27.7 Å². The van der Waals surface area contributed by atoms with Gasteiger partial charge >= 0.3 is 0 Å². The highest BCUT2D eigenvalue weighted by Gasteiger charge is 2.23. The summed E-state index contributed by atoms with van der Waals surface area (Å²) in [5.41, 5.74) is 5.88. The van der Waals surface area contributed by atoms with E-state index in [1.807, 2.05) is 4.90 Å². The lowest BCUT2D eigenvalue weighted by molar-refractivity contribution is -0.119. The number of aromatic nitrogens is 1. The first-order chi connectivity index (χ1) is 9.58. The second-order valence-corrected chi connectivity index (χ2v) is 5.97. The fourth-order valence-electron chi connectivity index (χ4n) is 2.58. The highest BCUT2D eigenvalue weighted by Crippen LogP contribution is 2.23. The Morgan fingerprint density at radius 2 is 2.20 bits per heavy atom. The summed E-state index contributed by atoms with van der Waals surface area (Å²) >= 11 is 3.36. The number of likely N-dealkylation sites (tertiary alicyclic amines) is 1. The van der Waals surface area contributed by atoms with Crippen LogP contribution in [-0.4, -0.2) is 34.8 Å². The maximum atomic E-state index is 12.5. The number of nitrogens with zero attached hydrogens (tertiary/aromatic N) is 2. The Hall–Kier alpha value is -1.43. The van der Waals surface area contributed by atoms with Gasteiger partial charge in [0.25, 0.3) is 5.91 Å². The molecule has 2 amide bonds. The van der Waals surface area contributed by atoms with Gasteiger partial charge in [0.1, 0.15) is 0 Å². The van der Waals surface area contributed by atoms with E-state index in [4.69, 9.17) is 5.73 Å². The number of hydrogen-bond donors (Lipinski definition) is 1. The topological polar surface area (TPSA) is 76.3 Å². The molecule has 1 aromatic heterocycles. The number of primary amides is 1. The number of hydrogen-bond acceptors (Lipinski definition) is 3. The van der Waals surface area contributed by atoms with E-state index in [0.717, 1.165) is 25.8 Å². The van der Waals surface area contributed by atoms with Gasteiger partial charge in [0.2, 0.25) is 5.91 Å². The molecular weight excluding hydrogens is 322 g/mol. The molecule has 108 valence electrons. The third kappa shape index (κ3) is 3.79. The number of amides is 2. The van der Waals surface area contributed by atoms with Crippen molar-refractivity contribution in [2.75, 3.05) is 13.1 Å². The molecule has 0 aromatic carbocycles. The van der Waals surface area contributed by atoms with Gasteiger partial charge in [0, 0.05) is 36.4 Å². The molecule has 1 aliphatic heterocycles. The van der Waals surface area contributed by atoms with Crippen LogP contribution in [0.25, 0.3) is 0 Å². The van der Waals surface area contributed by atoms with Crippen LogP contribution in [0.3, 0.4) is 0 Å². The molecule has 6 heteroatoms. The van der Waals surface area contributed by atoms with Crippen molar-refractivity contribution in [2.45, 2.75) is 25.7 Å². The van der Waals surface area contributed by atoms with Gasteiger partial charge in [-0.2, -0.15) is 0 Å². The first kappa shape index (κ1) is 15.0. The predicted molar refractivity (Wildman–Crippen MR) is 79.0 cm³/mol. The molecule has 0 radical (unpaired) electrons. The van der Waals surface area contributed by atoms with Crippen molar-refractivity contribution in [3.05, 3.63) is 28.5 Å². The normalized spacial score (nSPS) is 19.4. The molecule has 5 nitrogen and oxygen atoms in total. The Bertz CT molecular complexity index is 507. The molecule has 2 N–H and O–H groups in total. The van der Waals surface area contributed by atoms with Gasteiger partial charge in [0.15, 0.2) is 0 Å². The van der Waals surface area contributed by atoms with E-state index in [1.165, 1.54) is 0 Å². The number of halogens is 1. The SMILES string of the molecule is NC(=O)CC1CCCN(C(=O)c2ccncc2Br)CC1. The molecular formula is C14H18BrN3O2. The highest BCUT2D eigenvalue weighted by molar-refractivity contribution is 9.10. The van der Waals surface area contributed by atoms with E-state index < -0.39 is 0 Å². The third-order valence-electron chi connectivity index (χ3n) is 3.63. The fourth-order valence-corrected chi connectivity index (χ4v) is 3.00. The smallest absolute Gasteiger partial charge is 0.255 e. The number of carbonyl (C=O) groups is 2. The zero-order chi connectivity index (χ0) is 14.5. The molecule has 0 bridgehead atoms. The lowest BCUT2D eigenvalue weighted by atomic mass is 9.97. The first-order valence-electron chi connectivity index (χ1n) is 6.75. The van der Waals surface area contributed by atoms with Crippen LogP contribution < -0.4 is 5.73 Å². The summed E-state index contributed by atoms with van der Waals surface area (Å²) in [5.74, 6) is 0.0526. The molecule has 2 rings (SSSR count). The summed E-state index contributed by atoms with van der Waals surface area (Å²) in [6.07, 6.45) is 6.35. The average Bonchev–Trinajstić information content (AvgIpc) is 2.63. The van der Waals surface area contributed by atoms with Crippen molar-refractivity contribution in [3.63, 3.8) is 0 Å². The molecule has 1 aliphatic rings. The van der Waals surface area contributed by atoms with Crippen LogP contribution in [0.15, 0.2) is 22.9 Å². The average molecular weight is 340 g/mol. The molecule has 0 saturated carbocycles. The Labute approximate surface area is 126 Å². The van der Waals surface area contributed by atoms with Crippen molar-refractivity contribution in [2.24, 2.45) is 11.7 Å². The quantitative estimate of drug-likeness (QED) is 0.914. The standard InChI is InChI=1S/C14H18BrN3O2/c15-12-9-17-5-3-11(12)14(20)18-6-1-2-10(4-7-18)8-13(16)19/h3,5,9-10H,1-2,4,6-8H2,(H2,16,19). The Morgan fingerprint density at radius 3 is 2.90 bits per heavy atom. The largest absolute Gasteiger partial charge is 0.370 e. The third-order valence-corrected chi connectivity index (χ3v) is 4.26. The second-order valence-electron chi connectivity index (χ2n) is 5.12. The second kappa shape index (κ2) is 6.83. The summed E-state index contributed by atoms with van der Waals surface area (Å²) in [5, 5.41) is 0. The summed E-state index contributed by atoms with van der Waals surface area (Å²) in [4.78, 5) is 29.3. The monoisotopic (exact) mass is 339 g/mol. The van der Waals surface area contributed by atoms with Crippen LogP contribution in [0.2, 0.25) is 0 Å². The van der Waals surface area contributed by atoms with E-state index in [1.54, 1.807) is 18.5 Å². The van der Waals surface area contributed by atoms with Gasteiger partial charge in [0.05, 0.1) is 5.56 Å². The molecule has 1 fully saturated rings. The first-order valence-corrected chi connectivity index (χ1v) is 7.54. The van der Waals surface area contributed by atoms with Crippen LogP contribution in [0.1, 0.15) is 36.0 Å². The Morgan fingerprint density at radius 1 is 1.40 bits per heavy atom. The van der Waals surface area contributed by atoms with Gasteiger partial charge in [-0.1, -0.05) is 0 Å². The van der Waals surface area contributed by atoms with Gasteiger partial charge in [-0.05, 0) is 47.2 Å². The summed E-state index contributed by atoms with van der Waals surface area (Å²) in [7, 11) is 0. The highest BCUT2D eigenvalue weighted by atomic mass is 79.9. The number of rotatable bonds is 3. The lowest BCUT2D eigenvalue weighted by Gasteiger charge is -2.21. The lowest BCUT2D eigenvalue weighted by Crippen LogP contribution is -2.32. The molecule has 0 spiro atoms. The van der Waals surface area contributed by atoms with Crippen LogP contribution in [0.4, 0.5) is 0 Å². The van der Waals surface area contributed by atoms with E-state index in [-0.39, 0.29) is 11.8 Å². The van der Waals surface area contributed by atoms with Gasteiger partial charge in [-0.15, -0.1) is 0 Å². The van der Waals surface area contributed by atoms with Crippen LogP contribution in [0.5, 0.6) is 0 Å². The van der Waals surface area contributed by atoms with Crippen LogP contribution in [0, 0.1) is 5.92 Å². The van der Waals surface area contributed by atoms with E-state index >= 15 is 0 Å². The molecule has 1 atom stereocenters. The number of carbonyl (C=O) groups excluding carboxylic acids is 2. The molecule has 0 aliphatic carbocycles.